The van der Waals surface area contributed by atoms with Crippen LogP contribution < -0.4 is 10.1 Å². The van der Waals surface area contributed by atoms with Crippen LogP contribution in [0.5, 0.6) is 5.88 Å². The zero-order chi connectivity index (χ0) is 14.1. The largest absolute Gasteiger partial charge is 0.478 e. The number of rotatable bonds is 9. The Morgan fingerprint density at radius 1 is 1.42 bits per heavy atom. The Labute approximate surface area is 121 Å². The quantitative estimate of drug-likeness (QED) is 0.695. The van der Waals surface area contributed by atoms with E-state index >= 15 is 0 Å². The minimum atomic E-state index is 0.668. The maximum absolute atomic E-state index is 6.12. The molecule has 3 nitrogen and oxygen atoms in total. The van der Waals surface area contributed by atoms with E-state index in [9.17, 15) is 0 Å². The highest BCUT2D eigenvalue weighted by atomic mass is 35.5. The predicted molar refractivity (Wildman–Crippen MR) is 80.8 cm³/mol. The van der Waals surface area contributed by atoms with Crippen LogP contribution in [0, 0.1) is 5.92 Å². The fourth-order valence-corrected chi connectivity index (χ4v) is 1.91. The lowest BCUT2D eigenvalue weighted by atomic mass is 10.1. The van der Waals surface area contributed by atoms with Crippen molar-refractivity contribution in [3.05, 3.63) is 22.8 Å². The average molecular weight is 285 g/mol. The Hall–Kier alpha value is -0.800. The van der Waals surface area contributed by atoms with Gasteiger partial charge in [-0.2, -0.15) is 0 Å². The van der Waals surface area contributed by atoms with Crippen LogP contribution in [-0.4, -0.2) is 18.1 Å². The Kier molecular flexibility index (Phi) is 7.84. The van der Waals surface area contributed by atoms with Gasteiger partial charge < -0.3 is 10.1 Å². The number of nitrogens with zero attached hydrogens (tertiary/aromatic N) is 1. The van der Waals surface area contributed by atoms with Crippen molar-refractivity contribution in [2.45, 2.75) is 46.6 Å². The van der Waals surface area contributed by atoms with Crippen LogP contribution in [0.15, 0.2) is 12.3 Å². The second kappa shape index (κ2) is 9.16. The van der Waals surface area contributed by atoms with E-state index in [1.807, 2.05) is 6.07 Å². The van der Waals surface area contributed by atoms with E-state index < -0.39 is 0 Å². The zero-order valence-corrected chi connectivity index (χ0v) is 13.0. The monoisotopic (exact) mass is 284 g/mol. The summed E-state index contributed by atoms with van der Waals surface area (Å²) in [5.41, 5.74) is 1.05. The highest BCUT2D eigenvalue weighted by Crippen LogP contribution is 2.19. The highest BCUT2D eigenvalue weighted by molar-refractivity contribution is 6.31. The minimum Gasteiger partial charge on any atom is -0.478 e. The molecule has 0 aliphatic carbocycles. The summed E-state index contributed by atoms with van der Waals surface area (Å²) in [6.45, 7) is 9.05. The molecule has 0 aromatic carbocycles. The molecule has 0 amide bonds. The molecular weight excluding hydrogens is 260 g/mol. The van der Waals surface area contributed by atoms with Crippen LogP contribution in [-0.2, 0) is 6.54 Å². The summed E-state index contributed by atoms with van der Waals surface area (Å²) < 4.78 is 5.66. The minimum absolute atomic E-state index is 0.668. The molecule has 4 heteroatoms. The van der Waals surface area contributed by atoms with Crippen LogP contribution in [0.1, 0.15) is 45.6 Å². The van der Waals surface area contributed by atoms with Gasteiger partial charge in [0.1, 0.15) is 0 Å². The van der Waals surface area contributed by atoms with Crippen molar-refractivity contribution in [3.63, 3.8) is 0 Å². The van der Waals surface area contributed by atoms with Crippen molar-refractivity contribution in [1.29, 1.82) is 0 Å². The summed E-state index contributed by atoms with van der Waals surface area (Å²) >= 11 is 6.12. The van der Waals surface area contributed by atoms with E-state index in [1.54, 1.807) is 6.20 Å². The van der Waals surface area contributed by atoms with Gasteiger partial charge >= 0.3 is 0 Å². The molecule has 1 heterocycles. The first-order valence-corrected chi connectivity index (χ1v) is 7.49. The second-order valence-corrected chi connectivity index (χ2v) is 5.58. The van der Waals surface area contributed by atoms with Crippen LogP contribution in [0.2, 0.25) is 5.02 Å². The zero-order valence-electron chi connectivity index (χ0n) is 12.2. The number of ether oxygens (including phenoxy) is 1. The van der Waals surface area contributed by atoms with Gasteiger partial charge in [-0.3, -0.25) is 0 Å². The Morgan fingerprint density at radius 3 is 2.89 bits per heavy atom. The fraction of sp³-hybridized carbons (Fsp3) is 0.667. The third-order valence-corrected chi connectivity index (χ3v) is 3.17. The molecule has 0 atom stereocenters. The molecule has 19 heavy (non-hydrogen) atoms. The Bertz CT molecular complexity index is 369. The first-order chi connectivity index (χ1) is 9.13. The van der Waals surface area contributed by atoms with E-state index in [4.69, 9.17) is 16.3 Å². The smallest absolute Gasteiger partial charge is 0.213 e. The molecule has 0 saturated heterocycles. The molecule has 0 aliphatic rings. The number of nitrogens with one attached hydrogen (secondary N) is 1. The van der Waals surface area contributed by atoms with Crippen molar-refractivity contribution in [3.8, 4) is 5.88 Å². The molecule has 0 spiro atoms. The summed E-state index contributed by atoms with van der Waals surface area (Å²) in [5.74, 6) is 1.39. The Balaban J connectivity index is 2.43. The molecule has 1 aromatic rings. The lowest BCUT2D eigenvalue weighted by molar-refractivity contribution is 0.287. The van der Waals surface area contributed by atoms with Crippen molar-refractivity contribution >= 4 is 11.6 Å². The molecule has 1 aromatic heterocycles. The van der Waals surface area contributed by atoms with Gasteiger partial charge in [-0.05, 0) is 37.3 Å². The maximum Gasteiger partial charge on any atom is 0.213 e. The molecule has 1 rings (SSSR count). The number of pyridine rings is 1. The lowest BCUT2D eigenvalue weighted by Crippen LogP contribution is -2.14. The third kappa shape index (κ3) is 6.79. The predicted octanol–water partition coefficient (Wildman–Crippen LogP) is 4.05. The van der Waals surface area contributed by atoms with Crippen LogP contribution in [0.3, 0.4) is 0 Å². The number of hydrogen-bond donors (Lipinski definition) is 1. The van der Waals surface area contributed by atoms with Gasteiger partial charge in [0.2, 0.25) is 5.88 Å². The van der Waals surface area contributed by atoms with Gasteiger partial charge in [0.15, 0.2) is 0 Å². The SMILES string of the molecule is CCCNCc1cc(OCCCC(C)C)ncc1Cl. The number of halogens is 1. The topological polar surface area (TPSA) is 34.1 Å². The molecule has 0 unspecified atom stereocenters. The number of aromatic nitrogens is 1. The highest BCUT2D eigenvalue weighted by Gasteiger charge is 2.04. The third-order valence-electron chi connectivity index (χ3n) is 2.83. The summed E-state index contributed by atoms with van der Waals surface area (Å²) in [5, 5.41) is 4.03. The van der Waals surface area contributed by atoms with Crippen molar-refractivity contribution in [2.75, 3.05) is 13.2 Å². The van der Waals surface area contributed by atoms with E-state index in [1.165, 1.54) is 6.42 Å². The lowest BCUT2D eigenvalue weighted by Gasteiger charge is -2.10. The molecule has 1 N–H and O–H groups in total. The van der Waals surface area contributed by atoms with Crippen LogP contribution >= 0.6 is 11.6 Å². The summed E-state index contributed by atoms with van der Waals surface area (Å²) in [4.78, 5) is 4.20. The molecule has 108 valence electrons. The standard InChI is InChI=1S/C15H25ClN2O/c1-4-7-17-10-13-9-15(18-11-14(13)16)19-8-5-6-12(2)3/h9,11-12,17H,4-8,10H2,1-3H3. The van der Waals surface area contributed by atoms with E-state index in [0.29, 0.717) is 17.5 Å². The molecule has 0 bridgehead atoms. The first-order valence-electron chi connectivity index (χ1n) is 7.11. The summed E-state index contributed by atoms with van der Waals surface area (Å²) in [6, 6.07) is 1.93. The first kappa shape index (κ1) is 16.3. The van der Waals surface area contributed by atoms with Crippen LogP contribution in [0.4, 0.5) is 0 Å². The van der Waals surface area contributed by atoms with Gasteiger partial charge in [-0.1, -0.05) is 32.4 Å². The van der Waals surface area contributed by atoms with Gasteiger partial charge in [0, 0.05) is 18.8 Å². The van der Waals surface area contributed by atoms with Gasteiger partial charge in [-0.25, -0.2) is 4.98 Å². The molecule has 0 fully saturated rings. The van der Waals surface area contributed by atoms with E-state index in [2.05, 4.69) is 31.1 Å². The van der Waals surface area contributed by atoms with Gasteiger partial charge in [-0.15, -0.1) is 0 Å². The summed E-state index contributed by atoms with van der Waals surface area (Å²) in [7, 11) is 0. The normalized spacial score (nSPS) is 11.0. The maximum atomic E-state index is 6.12. The van der Waals surface area contributed by atoms with Crippen molar-refractivity contribution in [2.24, 2.45) is 5.92 Å². The molecule has 0 saturated carbocycles. The van der Waals surface area contributed by atoms with E-state index in [0.717, 1.165) is 37.4 Å². The molecule has 0 aliphatic heterocycles. The Morgan fingerprint density at radius 2 is 2.21 bits per heavy atom. The van der Waals surface area contributed by atoms with Crippen LogP contribution in [0.25, 0.3) is 0 Å². The van der Waals surface area contributed by atoms with Gasteiger partial charge in [0.05, 0.1) is 11.6 Å². The fourth-order valence-electron chi connectivity index (χ4n) is 1.74. The number of hydrogen-bond acceptors (Lipinski definition) is 3. The average Bonchev–Trinajstić information content (AvgIpc) is 2.38. The molecule has 0 radical (unpaired) electrons. The van der Waals surface area contributed by atoms with Gasteiger partial charge in [0.25, 0.3) is 0 Å². The summed E-state index contributed by atoms with van der Waals surface area (Å²) in [6.07, 6.45) is 5.02. The molecular formula is C15H25ClN2O. The van der Waals surface area contributed by atoms with Crippen molar-refractivity contribution in [1.82, 2.24) is 10.3 Å². The second-order valence-electron chi connectivity index (χ2n) is 5.18. The van der Waals surface area contributed by atoms with Crippen molar-refractivity contribution < 1.29 is 4.74 Å². The van der Waals surface area contributed by atoms with E-state index in [-0.39, 0.29) is 0 Å².